The molecule has 0 amide bonds. The van der Waals surface area contributed by atoms with Crippen LogP contribution in [0.3, 0.4) is 0 Å². The van der Waals surface area contributed by atoms with E-state index in [0.717, 1.165) is 20.4 Å². The Morgan fingerprint density at radius 1 is 1.19 bits per heavy atom. The predicted molar refractivity (Wildman–Crippen MR) is 89.5 cm³/mol. The number of aromatic nitrogens is 1. The molecule has 0 aliphatic rings. The molecule has 0 spiro atoms. The highest BCUT2D eigenvalue weighted by atomic mass is 79.9. The average molecular weight is 357 g/mol. The first kappa shape index (κ1) is 13.7. The van der Waals surface area contributed by atoms with Crippen molar-refractivity contribution in [3.05, 3.63) is 58.0 Å². The summed E-state index contributed by atoms with van der Waals surface area (Å²) in [7, 11) is 0. The number of hydrogen-bond acceptors (Lipinski definition) is 5. The number of thiazole rings is 1. The van der Waals surface area contributed by atoms with Gasteiger partial charge < -0.3 is 0 Å². The minimum atomic E-state index is 0.277. The first-order valence-corrected chi connectivity index (χ1v) is 7.72. The zero-order valence-corrected chi connectivity index (χ0v) is 13.1. The Hall–Kier alpha value is -2.23. The lowest BCUT2D eigenvalue weighted by molar-refractivity contribution is 1.32. The average Bonchev–Trinajstić information content (AvgIpc) is 2.93. The first-order chi connectivity index (χ1) is 10.3. The SMILES string of the molecule is N#C/C(=N\Nc1ccc(Br)cc1)c1nc2ccccc2s1. The molecule has 0 saturated carbocycles. The fourth-order valence-electron chi connectivity index (χ4n) is 1.74. The van der Waals surface area contributed by atoms with E-state index >= 15 is 0 Å². The van der Waals surface area contributed by atoms with Crippen molar-refractivity contribution < 1.29 is 0 Å². The molecule has 1 heterocycles. The van der Waals surface area contributed by atoms with Crippen LogP contribution in [-0.4, -0.2) is 10.7 Å². The molecule has 102 valence electrons. The van der Waals surface area contributed by atoms with Crippen LogP contribution in [0.15, 0.2) is 58.1 Å². The van der Waals surface area contributed by atoms with Gasteiger partial charge in [0.2, 0.25) is 0 Å². The molecule has 3 aromatic rings. The second-order valence-electron chi connectivity index (χ2n) is 4.18. The molecule has 1 N–H and O–H groups in total. The van der Waals surface area contributed by atoms with Gasteiger partial charge in [0.1, 0.15) is 6.07 Å². The van der Waals surface area contributed by atoms with Gasteiger partial charge in [0, 0.05) is 4.47 Å². The highest BCUT2D eigenvalue weighted by Crippen LogP contribution is 2.22. The Morgan fingerprint density at radius 2 is 1.95 bits per heavy atom. The van der Waals surface area contributed by atoms with Crippen molar-refractivity contribution >= 4 is 48.9 Å². The largest absolute Gasteiger partial charge is 0.277 e. The number of hydrogen-bond donors (Lipinski definition) is 1. The zero-order valence-electron chi connectivity index (χ0n) is 10.7. The third kappa shape index (κ3) is 3.10. The molecule has 21 heavy (non-hydrogen) atoms. The van der Waals surface area contributed by atoms with Crippen LogP contribution in [-0.2, 0) is 0 Å². The fraction of sp³-hybridized carbons (Fsp3) is 0. The van der Waals surface area contributed by atoms with Gasteiger partial charge in [-0.15, -0.1) is 11.3 Å². The standard InChI is InChI=1S/C15H9BrN4S/c16-10-5-7-11(8-6-10)19-20-13(9-17)15-18-12-3-1-2-4-14(12)21-15/h1-8,19H/b20-13+. The van der Waals surface area contributed by atoms with E-state index in [9.17, 15) is 5.26 Å². The number of para-hydroxylation sites is 1. The maximum atomic E-state index is 9.27. The molecule has 0 saturated heterocycles. The summed E-state index contributed by atoms with van der Waals surface area (Å²) in [5.41, 5.74) is 4.84. The van der Waals surface area contributed by atoms with Gasteiger partial charge in [0.15, 0.2) is 10.7 Å². The summed E-state index contributed by atoms with van der Waals surface area (Å²) in [6.45, 7) is 0. The molecular formula is C15H9BrN4S. The monoisotopic (exact) mass is 356 g/mol. The molecule has 0 radical (unpaired) electrons. The molecule has 0 unspecified atom stereocenters. The molecule has 0 atom stereocenters. The summed E-state index contributed by atoms with van der Waals surface area (Å²) >= 11 is 4.83. The molecular weight excluding hydrogens is 348 g/mol. The van der Waals surface area contributed by atoms with Crippen molar-refractivity contribution in [2.24, 2.45) is 5.10 Å². The summed E-state index contributed by atoms with van der Waals surface area (Å²) in [6, 6.07) is 17.4. The van der Waals surface area contributed by atoms with E-state index in [4.69, 9.17) is 0 Å². The normalized spacial score (nSPS) is 11.3. The van der Waals surface area contributed by atoms with E-state index in [2.05, 4.69) is 37.5 Å². The van der Waals surface area contributed by atoms with Crippen molar-refractivity contribution in [2.75, 3.05) is 5.43 Å². The van der Waals surface area contributed by atoms with Crippen LogP contribution < -0.4 is 5.43 Å². The molecule has 1 aromatic heterocycles. The number of rotatable bonds is 3. The maximum Gasteiger partial charge on any atom is 0.196 e. The van der Waals surface area contributed by atoms with Crippen LogP contribution in [0.25, 0.3) is 10.2 Å². The molecule has 0 fully saturated rings. The number of nitrogens with one attached hydrogen (secondary N) is 1. The van der Waals surface area contributed by atoms with Gasteiger partial charge in [0.25, 0.3) is 0 Å². The van der Waals surface area contributed by atoms with Gasteiger partial charge >= 0.3 is 0 Å². The van der Waals surface area contributed by atoms with Gasteiger partial charge in [-0.05, 0) is 36.4 Å². The number of benzene rings is 2. The van der Waals surface area contributed by atoms with Crippen LogP contribution in [0.1, 0.15) is 5.01 Å². The van der Waals surface area contributed by atoms with E-state index in [0.29, 0.717) is 5.01 Å². The van der Waals surface area contributed by atoms with Crippen LogP contribution >= 0.6 is 27.3 Å². The number of halogens is 1. The lowest BCUT2D eigenvalue weighted by Gasteiger charge is -2.00. The molecule has 4 nitrogen and oxygen atoms in total. The Kier molecular flexibility index (Phi) is 3.95. The van der Waals surface area contributed by atoms with Gasteiger partial charge in [-0.2, -0.15) is 10.4 Å². The summed E-state index contributed by atoms with van der Waals surface area (Å²) in [5, 5.41) is 14.0. The van der Waals surface area contributed by atoms with Gasteiger partial charge in [-0.1, -0.05) is 28.1 Å². The topological polar surface area (TPSA) is 61.1 Å². The molecule has 6 heteroatoms. The zero-order chi connectivity index (χ0) is 14.7. The third-order valence-corrected chi connectivity index (χ3v) is 4.32. The second kappa shape index (κ2) is 6.04. The summed E-state index contributed by atoms with van der Waals surface area (Å²) in [6.07, 6.45) is 0. The van der Waals surface area contributed by atoms with Crippen LogP contribution in [0.2, 0.25) is 0 Å². The smallest absolute Gasteiger partial charge is 0.196 e. The predicted octanol–water partition coefficient (Wildman–Crippen LogP) is 4.40. The van der Waals surface area contributed by atoms with Crippen LogP contribution in [0, 0.1) is 11.3 Å². The summed E-state index contributed by atoms with van der Waals surface area (Å²) < 4.78 is 2.03. The fourth-order valence-corrected chi connectivity index (χ4v) is 2.91. The van der Waals surface area contributed by atoms with E-state index in [1.165, 1.54) is 11.3 Å². The maximum absolute atomic E-state index is 9.27. The number of hydrazone groups is 1. The van der Waals surface area contributed by atoms with Crippen molar-refractivity contribution in [3.8, 4) is 6.07 Å². The van der Waals surface area contributed by atoms with E-state index in [1.54, 1.807) is 0 Å². The number of fused-ring (bicyclic) bond motifs is 1. The molecule has 0 aliphatic heterocycles. The highest BCUT2D eigenvalue weighted by Gasteiger charge is 2.09. The van der Waals surface area contributed by atoms with Crippen molar-refractivity contribution in [1.29, 1.82) is 5.26 Å². The Balaban J connectivity index is 1.89. The molecule has 0 bridgehead atoms. The van der Waals surface area contributed by atoms with E-state index < -0.39 is 0 Å². The quantitative estimate of drug-likeness (QED) is 0.558. The summed E-state index contributed by atoms with van der Waals surface area (Å²) in [5.74, 6) is 0. The lowest BCUT2D eigenvalue weighted by Crippen LogP contribution is -2.01. The molecule has 2 aromatic carbocycles. The van der Waals surface area contributed by atoms with Gasteiger partial charge in [-0.25, -0.2) is 4.98 Å². The first-order valence-electron chi connectivity index (χ1n) is 6.11. The van der Waals surface area contributed by atoms with Gasteiger partial charge in [-0.3, -0.25) is 5.43 Å². The molecule has 3 rings (SSSR count). The minimum absolute atomic E-state index is 0.277. The molecule has 0 aliphatic carbocycles. The number of nitrogens with zero attached hydrogens (tertiary/aromatic N) is 3. The van der Waals surface area contributed by atoms with Crippen molar-refractivity contribution in [1.82, 2.24) is 4.98 Å². The van der Waals surface area contributed by atoms with Crippen molar-refractivity contribution in [2.45, 2.75) is 0 Å². The minimum Gasteiger partial charge on any atom is -0.277 e. The highest BCUT2D eigenvalue weighted by molar-refractivity contribution is 9.10. The summed E-state index contributed by atoms with van der Waals surface area (Å²) in [4.78, 5) is 4.43. The Bertz CT molecular complexity index is 813. The third-order valence-electron chi connectivity index (χ3n) is 2.74. The van der Waals surface area contributed by atoms with Crippen LogP contribution in [0.4, 0.5) is 5.69 Å². The Morgan fingerprint density at radius 3 is 2.67 bits per heavy atom. The number of nitriles is 1. The van der Waals surface area contributed by atoms with Crippen molar-refractivity contribution in [3.63, 3.8) is 0 Å². The van der Waals surface area contributed by atoms with Crippen LogP contribution in [0.5, 0.6) is 0 Å². The second-order valence-corrected chi connectivity index (χ2v) is 6.12. The van der Waals surface area contributed by atoms with Gasteiger partial charge in [0.05, 0.1) is 15.9 Å². The lowest BCUT2D eigenvalue weighted by atomic mass is 10.3. The van der Waals surface area contributed by atoms with E-state index in [-0.39, 0.29) is 5.71 Å². The Labute approximate surface area is 133 Å². The number of anilines is 1. The van der Waals surface area contributed by atoms with E-state index in [1.807, 2.05) is 48.5 Å².